The van der Waals surface area contributed by atoms with Crippen LogP contribution >= 0.6 is 0 Å². The van der Waals surface area contributed by atoms with E-state index in [9.17, 15) is 4.79 Å². The Morgan fingerprint density at radius 1 is 1.20 bits per heavy atom. The van der Waals surface area contributed by atoms with Crippen molar-refractivity contribution in [3.8, 4) is 5.75 Å². The lowest BCUT2D eigenvalue weighted by Gasteiger charge is -2.07. The Balaban J connectivity index is 2.01. The first-order valence-corrected chi connectivity index (χ1v) is 6.18. The zero-order valence-electron chi connectivity index (χ0n) is 11.4. The first-order chi connectivity index (χ1) is 9.72. The Morgan fingerprint density at radius 2 is 1.95 bits per heavy atom. The molecule has 1 N–H and O–H groups in total. The molecule has 0 aliphatic rings. The van der Waals surface area contributed by atoms with Crippen LogP contribution in [0.2, 0.25) is 0 Å². The van der Waals surface area contributed by atoms with Gasteiger partial charge in [0.15, 0.2) is 0 Å². The predicted octanol–water partition coefficient (Wildman–Crippen LogP) is 2.49. The van der Waals surface area contributed by atoms with Crippen molar-refractivity contribution in [2.45, 2.75) is 6.61 Å². The molecule has 20 heavy (non-hydrogen) atoms. The maximum atomic E-state index is 11.4. The molecule has 0 saturated heterocycles. The number of esters is 1. The zero-order valence-corrected chi connectivity index (χ0v) is 11.4. The van der Waals surface area contributed by atoms with E-state index < -0.39 is 5.97 Å². The third-order valence-electron chi connectivity index (χ3n) is 2.73. The van der Waals surface area contributed by atoms with Crippen LogP contribution < -0.4 is 10.1 Å². The van der Waals surface area contributed by atoms with Gasteiger partial charge in [-0.2, -0.15) is 0 Å². The van der Waals surface area contributed by atoms with E-state index in [-0.39, 0.29) is 5.69 Å². The summed E-state index contributed by atoms with van der Waals surface area (Å²) in [5.41, 5.74) is 1.97. The van der Waals surface area contributed by atoms with E-state index in [2.05, 4.69) is 15.0 Å². The Morgan fingerprint density at radius 3 is 2.60 bits per heavy atom. The van der Waals surface area contributed by atoms with Crippen molar-refractivity contribution in [1.29, 1.82) is 0 Å². The minimum Gasteiger partial charge on any atom is -0.487 e. The number of carbonyl (C=O) groups excluding carboxylic acids is 1. The smallest absolute Gasteiger partial charge is 0.356 e. The maximum Gasteiger partial charge on any atom is 0.356 e. The average Bonchev–Trinajstić information content (AvgIpc) is 2.53. The molecule has 1 aromatic heterocycles. The van der Waals surface area contributed by atoms with Gasteiger partial charge in [-0.05, 0) is 36.4 Å². The SMILES string of the molecule is CNc1ccc(OCc2cccc(C(=O)OC)n2)cc1. The van der Waals surface area contributed by atoms with Gasteiger partial charge in [0.05, 0.1) is 12.8 Å². The Kier molecular flexibility index (Phi) is 4.55. The van der Waals surface area contributed by atoms with Gasteiger partial charge in [-0.25, -0.2) is 9.78 Å². The molecule has 0 radical (unpaired) electrons. The topological polar surface area (TPSA) is 60.5 Å². The average molecular weight is 272 g/mol. The molecule has 2 aromatic rings. The molecule has 1 aromatic carbocycles. The number of aromatic nitrogens is 1. The summed E-state index contributed by atoms with van der Waals surface area (Å²) >= 11 is 0. The Hall–Kier alpha value is -2.56. The van der Waals surface area contributed by atoms with Gasteiger partial charge in [-0.1, -0.05) is 6.07 Å². The van der Waals surface area contributed by atoms with Crippen LogP contribution in [0.1, 0.15) is 16.2 Å². The number of hydrogen-bond acceptors (Lipinski definition) is 5. The summed E-state index contributed by atoms with van der Waals surface area (Å²) in [6.07, 6.45) is 0. The van der Waals surface area contributed by atoms with Crippen LogP contribution in [0.5, 0.6) is 5.75 Å². The summed E-state index contributed by atoms with van der Waals surface area (Å²) in [4.78, 5) is 15.6. The summed E-state index contributed by atoms with van der Waals surface area (Å²) < 4.78 is 10.2. The molecular formula is C15H16N2O3. The molecule has 0 aliphatic carbocycles. The quantitative estimate of drug-likeness (QED) is 0.847. The minimum absolute atomic E-state index is 0.277. The first kappa shape index (κ1) is 13.9. The molecule has 104 valence electrons. The Bertz CT molecular complexity index is 582. The lowest BCUT2D eigenvalue weighted by molar-refractivity contribution is 0.0593. The van der Waals surface area contributed by atoms with Gasteiger partial charge >= 0.3 is 5.97 Å². The van der Waals surface area contributed by atoms with Gasteiger partial charge < -0.3 is 14.8 Å². The first-order valence-electron chi connectivity index (χ1n) is 6.18. The van der Waals surface area contributed by atoms with E-state index in [4.69, 9.17) is 4.74 Å². The van der Waals surface area contributed by atoms with Gasteiger partial charge in [0.25, 0.3) is 0 Å². The standard InChI is InChI=1S/C15H16N2O3/c1-16-11-6-8-13(9-7-11)20-10-12-4-3-5-14(17-12)15(18)19-2/h3-9,16H,10H2,1-2H3. The number of anilines is 1. The second-order valence-electron chi connectivity index (χ2n) is 4.07. The summed E-state index contributed by atoms with van der Waals surface area (Å²) in [5, 5.41) is 3.04. The van der Waals surface area contributed by atoms with Crippen molar-refractivity contribution in [1.82, 2.24) is 4.98 Å². The summed E-state index contributed by atoms with van der Waals surface area (Å²) in [6, 6.07) is 12.8. The van der Waals surface area contributed by atoms with Crippen LogP contribution in [0.15, 0.2) is 42.5 Å². The molecule has 0 atom stereocenters. The van der Waals surface area contributed by atoms with Crippen molar-refractivity contribution < 1.29 is 14.3 Å². The summed E-state index contributed by atoms with van der Waals surface area (Å²) in [5.74, 6) is 0.291. The molecule has 0 fully saturated rings. The van der Waals surface area contributed by atoms with E-state index in [1.165, 1.54) is 7.11 Å². The lowest BCUT2D eigenvalue weighted by atomic mass is 10.3. The van der Waals surface area contributed by atoms with Crippen LogP contribution in [-0.4, -0.2) is 25.1 Å². The largest absolute Gasteiger partial charge is 0.487 e. The molecule has 0 aliphatic heterocycles. The number of rotatable bonds is 5. The third kappa shape index (κ3) is 3.47. The molecule has 1 heterocycles. The molecular weight excluding hydrogens is 256 g/mol. The number of carbonyl (C=O) groups is 1. The van der Waals surface area contributed by atoms with E-state index in [0.717, 1.165) is 11.4 Å². The third-order valence-corrected chi connectivity index (χ3v) is 2.73. The fourth-order valence-corrected chi connectivity index (χ4v) is 1.65. The molecule has 0 saturated carbocycles. The number of hydrogen-bond donors (Lipinski definition) is 1. The minimum atomic E-state index is -0.453. The van der Waals surface area contributed by atoms with Gasteiger partial charge in [-0.15, -0.1) is 0 Å². The number of methoxy groups -OCH3 is 1. The monoisotopic (exact) mass is 272 g/mol. The fraction of sp³-hybridized carbons (Fsp3) is 0.200. The van der Waals surface area contributed by atoms with Crippen molar-refractivity contribution in [3.05, 3.63) is 53.9 Å². The molecule has 0 spiro atoms. The van der Waals surface area contributed by atoms with E-state index in [1.807, 2.05) is 31.3 Å². The van der Waals surface area contributed by atoms with Crippen LogP contribution in [0.25, 0.3) is 0 Å². The van der Waals surface area contributed by atoms with Gasteiger partial charge in [-0.3, -0.25) is 0 Å². The Labute approximate surface area is 117 Å². The highest BCUT2D eigenvalue weighted by Crippen LogP contribution is 2.16. The molecule has 5 heteroatoms. The van der Waals surface area contributed by atoms with E-state index in [1.54, 1.807) is 18.2 Å². The van der Waals surface area contributed by atoms with E-state index in [0.29, 0.717) is 12.3 Å². The highest BCUT2D eigenvalue weighted by atomic mass is 16.5. The molecule has 5 nitrogen and oxygen atoms in total. The van der Waals surface area contributed by atoms with Gasteiger partial charge in [0.1, 0.15) is 18.1 Å². The number of nitrogens with zero attached hydrogens (tertiary/aromatic N) is 1. The number of pyridine rings is 1. The molecule has 2 rings (SSSR count). The second-order valence-corrected chi connectivity index (χ2v) is 4.07. The van der Waals surface area contributed by atoms with Crippen molar-refractivity contribution in [2.24, 2.45) is 0 Å². The van der Waals surface area contributed by atoms with Crippen LogP contribution in [0, 0.1) is 0 Å². The van der Waals surface area contributed by atoms with Gasteiger partial charge in [0, 0.05) is 12.7 Å². The predicted molar refractivity (Wildman–Crippen MR) is 75.9 cm³/mol. The molecule has 0 bridgehead atoms. The van der Waals surface area contributed by atoms with Crippen LogP contribution in [-0.2, 0) is 11.3 Å². The van der Waals surface area contributed by atoms with Crippen molar-refractivity contribution in [3.63, 3.8) is 0 Å². The highest BCUT2D eigenvalue weighted by Gasteiger charge is 2.07. The highest BCUT2D eigenvalue weighted by molar-refractivity contribution is 5.87. The maximum absolute atomic E-state index is 11.4. The number of nitrogens with one attached hydrogen (secondary N) is 1. The van der Waals surface area contributed by atoms with Crippen LogP contribution in [0.3, 0.4) is 0 Å². The fourth-order valence-electron chi connectivity index (χ4n) is 1.65. The zero-order chi connectivity index (χ0) is 14.4. The summed E-state index contributed by atoms with van der Waals surface area (Å²) in [7, 11) is 3.19. The number of ether oxygens (including phenoxy) is 2. The van der Waals surface area contributed by atoms with E-state index >= 15 is 0 Å². The molecule has 0 unspecified atom stereocenters. The number of benzene rings is 1. The second kappa shape index (κ2) is 6.56. The van der Waals surface area contributed by atoms with Crippen molar-refractivity contribution >= 4 is 11.7 Å². The lowest BCUT2D eigenvalue weighted by Crippen LogP contribution is -2.07. The summed E-state index contributed by atoms with van der Waals surface area (Å²) in [6.45, 7) is 0.295. The molecule has 0 amide bonds. The van der Waals surface area contributed by atoms with Crippen LogP contribution in [0.4, 0.5) is 5.69 Å². The van der Waals surface area contributed by atoms with Crippen molar-refractivity contribution in [2.75, 3.05) is 19.5 Å². The normalized spacial score (nSPS) is 9.90. The van der Waals surface area contributed by atoms with Gasteiger partial charge in [0.2, 0.25) is 0 Å².